The maximum atomic E-state index is 3.39. The van der Waals surface area contributed by atoms with Gasteiger partial charge in [-0.3, -0.25) is 0 Å². The molecule has 0 aromatic rings. The Morgan fingerprint density at radius 1 is 1.08 bits per heavy atom. The number of hydrogen-bond acceptors (Lipinski definition) is 1. The average molecular weight is 183 g/mol. The molecule has 1 fully saturated rings. The highest BCUT2D eigenvalue weighted by atomic mass is 14.9. The lowest BCUT2D eigenvalue weighted by Crippen LogP contribution is -2.31. The van der Waals surface area contributed by atoms with Gasteiger partial charge in [-0.05, 0) is 50.5 Å². The molecule has 0 amide bonds. The highest BCUT2D eigenvalue weighted by Gasteiger charge is 2.23. The zero-order chi connectivity index (χ0) is 9.90. The number of rotatable bonds is 2. The third-order valence-electron chi connectivity index (χ3n) is 3.16. The van der Waals surface area contributed by atoms with Crippen molar-refractivity contribution in [1.29, 1.82) is 0 Å². The van der Waals surface area contributed by atoms with Crippen LogP contribution in [0.2, 0.25) is 0 Å². The molecule has 1 saturated carbocycles. The first kappa shape index (κ1) is 11.0. The molecule has 1 heteroatoms. The van der Waals surface area contributed by atoms with E-state index < -0.39 is 0 Å². The maximum absolute atomic E-state index is 3.39. The topological polar surface area (TPSA) is 12.0 Å². The molecule has 0 aromatic heterocycles. The summed E-state index contributed by atoms with van der Waals surface area (Å²) in [6.07, 6.45) is 7.05. The van der Waals surface area contributed by atoms with Crippen molar-refractivity contribution >= 4 is 0 Å². The Balaban J connectivity index is 2.25. The van der Waals surface area contributed by atoms with Crippen molar-refractivity contribution in [2.45, 2.75) is 58.9 Å². The van der Waals surface area contributed by atoms with Crippen molar-refractivity contribution in [2.24, 2.45) is 11.3 Å². The predicted molar refractivity (Wildman–Crippen MR) is 58.9 cm³/mol. The van der Waals surface area contributed by atoms with Gasteiger partial charge in [0.2, 0.25) is 0 Å². The fourth-order valence-corrected chi connectivity index (χ4v) is 2.52. The van der Waals surface area contributed by atoms with Crippen LogP contribution in [0.5, 0.6) is 0 Å². The highest BCUT2D eigenvalue weighted by molar-refractivity contribution is 4.78. The summed E-state index contributed by atoms with van der Waals surface area (Å²) in [6, 6.07) is 0.802. The fraction of sp³-hybridized carbons (Fsp3) is 1.00. The summed E-state index contributed by atoms with van der Waals surface area (Å²) in [5.74, 6) is 0.990. The number of hydrogen-bond donors (Lipinski definition) is 1. The normalized spacial score (nSPS) is 30.5. The molecule has 0 unspecified atom stereocenters. The Bertz CT molecular complexity index is 138. The van der Waals surface area contributed by atoms with Crippen molar-refractivity contribution < 1.29 is 0 Å². The molecule has 1 nitrogen and oxygen atoms in total. The molecule has 0 heterocycles. The molecule has 1 rings (SSSR count). The second-order valence-electron chi connectivity index (χ2n) is 5.77. The minimum atomic E-state index is 0.525. The van der Waals surface area contributed by atoms with Gasteiger partial charge >= 0.3 is 0 Å². The van der Waals surface area contributed by atoms with E-state index in [9.17, 15) is 0 Å². The molecule has 0 spiro atoms. The van der Waals surface area contributed by atoms with E-state index in [0.717, 1.165) is 12.0 Å². The van der Waals surface area contributed by atoms with Gasteiger partial charge in [-0.2, -0.15) is 0 Å². The Morgan fingerprint density at radius 3 is 2.00 bits per heavy atom. The zero-order valence-corrected chi connectivity index (χ0v) is 9.69. The summed E-state index contributed by atoms with van der Waals surface area (Å²) in [4.78, 5) is 0. The molecule has 1 N–H and O–H groups in total. The van der Waals surface area contributed by atoms with E-state index in [-0.39, 0.29) is 0 Å². The Hall–Kier alpha value is -0.0400. The maximum Gasteiger partial charge on any atom is 0.00642 e. The highest BCUT2D eigenvalue weighted by Crippen LogP contribution is 2.33. The third-order valence-corrected chi connectivity index (χ3v) is 3.16. The van der Waals surface area contributed by atoms with Gasteiger partial charge in [-0.25, -0.2) is 0 Å². The molecule has 0 saturated heterocycles. The second-order valence-corrected chi connectivity index (χ2v) is 5.77. The summed E-state index contributed by atoms with van der Waals surface area (Å²) in [5.41, 5.74) is 0.525. The number of nitrogens with one attached hydrogen (secondary N) is 1. The quantitative estimate of drug-likeness (QED) is 0.693. The van der Waals surface area contributed by atoms with Gasteiger partial charge in [0.25, 0.3) is 0 Å². The first-order valence-corrected chi connectivity index (χ1v) is 5.68. The van der Waals surface area contributed by atoms with Gasteiger partial charge in [0.05, 0.1) is 0 Å². The van der Waals surface area contributed by atoms with Gasteiger partial charge in [0, 0.05) is 6.04 Å². The average Bonchev–Trinajstić information content (AvgIpc) is 2.03. The van der Waals surface area contributed by atoms with Crippen molar-refractivity contribution in [2.75, 3.05) is 7.05 Å². The molecular formula is C12H25N. The molecule has 1 aliphatic rings. The molecule has 0 atom stereocenters. The van der Waals surface area contributed by atoms with Crippen LogP contribution in [0.15, 0.2) is 0 Å². The lowest BCUT2D eigenvalue weighted by Gasteiger charge is -2.32. The Kier molecular flexibility index (Phi) is 3.78. The largest absolute Gasteiger partial charge is 0.317 e. The van der Waals surface area contributed by atoms with Crippen molar-refractivity contribution in [3.05, 3.63) is 0 Å². The van der Waals surface area contributed by atoms with E-state index in [1.807, 2.05) is 0 Å². The molecular weight excluding hydrogens is 158 g/mol. The van der Waals surface area contributed by atoms with E-state index in [1.165, 1.54) is 32.1 Å². The van der Waals surface area contributed by atoms with E-state index in [2.05, 4.69) is 33.1 Å². The van der Waals surface area contributed by atoms with Gasteiger partial charge in [0.1, 0.15) is 0 Å². The molecule has 0 radical (unpaired) electrons. The summed E-state index contributed by atoms with van der Waals surface area (Å²) >= 11 is 0. The van der Waals surface area contributed by atoms with Crippen molar-refractivity contribution in [3.8, 4) is 0 Å². The van der Waals surface area contributed by atoms with E-state index in [4.69, 9.17) is 0 Å². The van der Waals surface area contributed by atoms with Crippen LogP contribution in [0.25, 0.3) is 0 Å². The van der Waals surface area contributed by atoms with E-state index >= 15 is 0 Å². The fourth-order valence-electron chi connectivity index (χ4n) is 2.52. The summed E-state index contributed by atoms with van der Waals surface area (Å²) in [5, 5.41) is 3.39. The summed E-state index contributed by atoms with van der Waals surface area (Å²) in [6.45, 7) is 7.07. The van der Waals surface area contributed by atoms with Gasteiger partial charge in [0.15, 0.2) is 0 Å². The zero-order valence-electron chi connectivity index (χ0n) is 9.69. The minimum absolute atomic E-state index is 0.525. The summed E-state index contributed by atoms with van der Waals surface area (Å²) in [7, 11) is 2.09. The van der Waals surface area contributed by atoms with Gasteiger partial charge < -0.3 is 5.32 Å². The van der Waals surface area contributed by atoms with E-state index in [0.29, 0.717) is 5.41 Å². The SMILES string of the molecule is CN[C@H]1CC[C@H](CC(C)(C)C)CC1. The first-order chi connectivity index (χ1) is 6.01. The summed E-state index contributed by atoms with van der Waals surface area (Å²) < 4.78 is 0. The van der Waals surface area contributed by atoms with E-state index in [1.54, 1.807) is 0 Å². The van der Waals surface area contributed by atoms with Crippen molar-refractivity contribution in [3.63, 3.8) is 0 Å². The predicted octanol–water partition coefficient (Wildman–Crippen LogP) is 3.20. The smallest absolute Gasteiger partial charge is 0.00642 e. The van der Waals surface area contributed by atoms with Crippen LogP contribution < -0.4 is 5.32 Å². The van der Waals surface area contributed by atoms with Gasteiger partial charge in [-0.1, -0.05) is 20.8 Å². The van der Waals surface area contributed by atoms with Crippen LogP contribution in [0.4, 0.5) is 0 Å². The third kappa shape index (κ3) is 4.12. The molecule has 13 heavy (non-hydrogen) atoms. The van der Waals surface area contributed by atoms with Crippen LogP contribution in [-0.4, -0.2) is 13.1 Å². The van der Waals surface area contributed by atoms with Crippen molar-refractivity contribution in [1.82, 2.24) is 5.32 Å². The van der Waals surface area contributed by atoms with Crippen LogP contribution in [0.3, 0.4) is 0 Å². The molecule has 78 valence electrons. The van der Waals surface area contributed by atoms with Crippen LogP contribution >= 0.6 is 0 Å². The molecule has 0 bridgehead atoms. The Labute approximate surface area is 83.3 Å². The standard InChI is InChI=1S/C12H25N/c1-12(2,3)9-10-5-7-11(13-4)8-6-10/h10-11,13H,5-9H2,1-4H3/t10-,11-. The minimum Gasteiger partial charge on any atom is -0.317 e. The lowest BCUT2D eigenvalue weighted by molar-refractivity contribution is 0.219. The lowest BCUT2D eigenvalue weighted by atomic mass is 9.76. The molecule has 0 aromatic carbocycles. The monoisotopic (exact) mass is 183 g/mol. The van der Waals surface area contributed by atoms with Crippen LogP contribution in [0.1, 0.15) is 52.9 Å². The first-order valence-electron chi connectivity index (χ1n) is 5.68. The van der Waals surface area contributed by atoms with Gasteiger partial charge in [-0.15, -0.1) is 0 Å². The second kappa shape index (κ2) is 4.45. The molecule has 0 aliphatic heterocycles. The van der Waals surface area contributed by atoms with Crippen LogP contribution in [0, 0.1) is 11.3 Å². The van der Waals surface area contributed by atoms with Crippen LogP contribution in [-0.2, 0) is 0 Å². The Morgan fingerprint density at radius 2 is 1.62 bits per heavy atom. The molecule has 1 aliphatic carbocycles.